The van der Waals surface area contributed by atoms with Gasteiger partial charge in [0.1, 0.15) is 5.69 Å². The van der Waals surface area contributed by atoms with Crippen molar-refractivity contribution in [3.63, 3.8) is 0 Å². The van der Waals surface area contributed by atoms with Crippen molar-refractivity contribution >= 4 is 41.0 Å². The van der Waals surface area contributed by atoms with E-state index >= 15 is 0 Å². The topological polar surface area (TPSA) is 113 Å². The fraction of sp³-hybridized carbons (Fsp3) is 0. The second-order valence-corrected chi connectivity index (χ2v) is 6.19. The lowest BCUT2D eigenvalue weighted by molar-refractivity contribution is -0.384. The molecule has 0 unspecified atom stereocenters. The Hall–Kier alpha value is -3.23. The number of nitrogens with one attached hydrogen (secondary N) is 2. The van der Waals surface area contributed by atoms with Crippen molar-refractivity contribution in [1.82, 2.24) is 15.6 Å². The van der Waals surface area contributed by atoms with Crippen LogP contribution in [0.5, 0.6) is 0 Å². The van der Waals surface area contributed by atoms with Crippen molar-refractivity contribution < 1.29 is 9.72 Å². The Morgan fingerprint density at radius 1 is 1.22 bits per heavy atom. The zero-order valence-electron chi connectivity index (χ0n) is 13.5. The number of aromatic nitrogens is 2. The number of non-ortho nitro benzene ring substituents is 1. The van der Waals surface area contributed by atoms with Gasteiger partial charge in [-0.3, -0.25) is 20.0 Å². The summed E-state index contributed by atoms with van der Waals surface area (Å²) in [6.07, 6.45) is 1.30. The fourth-order valence-electron chi connectivity index (χ4n) is 2.22. The molecule has 0 atom stereocenters. The number of nitrogens with zero attached hydrogens (tertiary/aromatic N) is 3. The van der Waals surface area contributed by atoms with E-state index in [0.717, 1.165) is 0 Å². The summed E-state index contributed by atoms with van der Waals surface area (Å²) < 4.78 is 0. The monoisotopic (exact) mass is 403 g/mol. The maximum Gasteiger partial charge on any atom is 0.289 e. The van der Waals surface area contributed by atoms with Crippen LogP contribution in [-0.4, -0.2) is 27.2 Å². The van der Waals surface area contributed by atoms with Crippen molar-refractivity contribution in [1.29, 1.82) is 0 Å². The van der Waals surface area contributed by atoms with Gasteiger partial charge in [-0.15, -0.1) is 0 Å². The molecular formula is C17H11Cl2N5O3. The molecular weight excluding hydrogens is 393 g/mol. The van der Waals surface area contributed by atoms with Gasteiger partial charge in [-0.2, -0.15) is 10.2 Å². The molecule has 1 heterocycles. The Morgan fingerprint density at radius 3 is 2.78 bits per heavy atom. The molecule has 0 spiro atoms. The van der Waals surface area contributed by atoms with Gasteiger partial charge in [0, 0.05) is 28.3 Å². The van der Waals surface area contributed by atoms with E-state index in [0.29, 0.717) is 26.9 Å². The first-order chi connectivity index (χ1) is 12.9. The standard InChI is InChI=1S/C17H11Cl2N5O3/c18-11-4-5-13(14(19)7-11)15-8-16(22-21-15)17(25)23-20-9-10-2-1-3-12(6-10)24(26)27/h1-9H,(H,21,22)(H,23,25)/b20-9+. The molecule has 8 nitrogen and oxygen atoms in total. The van der Waals surface area contributed by atoms with E-state index < -0.39 is 10.8 Å². The number of nitro benzene ring substituents is 1. The summed E-state index contributed by atoms with van der Waals surface area (Å²) in [5.74, 6) is -0.527. The van der Waals surface area contributed by atoms with Gasteiger partial charge in [-0.1, -0.05) is 35.3 Å². The maximum atomic E-state index is 12.1. The van der Waals surface area contributed by atoms with Crippen LogP contribution in [0.1, 0.15) is 16.1 Å². The summed E-state index contributed by atoms with van der Waals surface area (Å²) in [5, 5.41) is 22.1. The van der Waals surface area contributed by atoms with Crippen molar-refractivity contribution in [2.24, 2.45) is 5.10 Å². The number of halogens is 2. The van der Waals surface area contributed by atoms with E-state index in [2.05, 4.69) is 20.7 Å². The Morgan fingerprint density at radius 2 is 2.04 bits per heavy atom. The first kappa shape index (κ1) is 18.6. The van der Waals surface area contributed by atoms with Gasteiger partial charge in [0.05, 0.1) is 21.9 Å². The number of hydrogen-bond acceptors (Lipinski definition) is 5. The summed E-state index contributed by atoms with van der Waals surface area (Å²) in [5.41, 5.74) is 4.00. The molecule has 0 aliphatic carbocycles. The average molecular weight is 404 g/mol. The van der Waals surface area contributed by atoms with Crippen LogP contribution in [0.15, 0.2) is 53.6 Å². The first-order valence-electron chi connectivity index (χ1n) is 7.53. The van der Waals surface area contributed by atoms with Gasteiger partial charge >= 0.3 is 0 Å². The summed E-state index contributed by atoms with van der Waals surface area (Å²) >= 11 is 12.0. The maximum absolute atomic E-state index is 12.1. The second-order valence-electron chi connectivity index (χ2n) is 5.34. The number of H-pyrrole nitrogens is 1. The van der Waals surface area contributed by atoms with Gasteiger partial charge in [-0.05, 0) is 24.3 Å². The number of hydrogen-bond donors (Lipinski definition) is 2. The minimum absolute atomic E-state index is 0.0664. The highest BCUT2D eigenvalue weighted by Gasteiger charge is 2.13. The third-order valence-electron chi connectivity index (χ3n) is 3.49. The summed E-state index contributed by atoms with van der Waals surface area (Å²) in [7, 11) is 0. The number of benzene rings is 2. The van der Waals surface area contributed by atoms with Crippen LogP contribution in [0.25, 0.3) is 11.3 Å². The Bertz CT molecular complexity index is 1050. The highest BCUT2D eigenvalue weighted by molar-refractivity contribution is 6.36. The van der Waals surface area contributed by atoms with Crippen LogP contribution in [-0.2, 0) is 0 Å². The van der Waals surface area contributed by atoms with Gasteiger partial charge in [-0.25, -0.2) is 5.43 Å². The molecule has 2 N–H and O–H groups in total. The highest BCUT2D eigenvalue weighted by atomic mass is 35.5. The summed E-state index contributed by atoms with van der Waals surface area (Å²) in [6, 6.07) is 12.3. The molecule has 27 heavy (non-hydrogen) atoms. The van der Waals surface area contributed by atoms with E-state index in [1.54, 1.807) is 24.3 Å². The Labute approximate surface area is 163 Å². The van der Waals surface area contributed by atoms with Gasteiger partial charge < -0.3 is 0 Å². The SMILES string of the molecule is O=C(N/N=C/c1cccc([N+](=O)[O-])c1)c1cc(-c2ccc(Cl)cc2Cl)n[nH]1. The fourth-order valence-corrected chi connectivity index (χ4v) is 2.72. The second kappa shape index (κ2) is 7.98. The molecule has 1 aromatic heterocycles. The molecule has 0 bridgehead atoms. The molecule has 0 saturated heterocycles. The molecule has 10 heteroatoms. The highest BCUT2D eigenvalue weighted by Crippen LogP contribution is 2.29. The molecule has 3 rings (SSSR count). The predicted octanol–water partition coefficient (Wildman–Crippen LogP) is 4.06. The normalized spacial score (nSPS) is 10.9. The van der Waals surface area contributed by atoms with Crippen LogP contribution in [0.2, 0.25) is 10.0 Å². The van der Waals surface area contributed by atoms with Crippen molar-refractivity contribution in [3.8, 4) is 11.3 Å². The molecule has 0 aliphatic rings. The number of hydrazone groups is 1. The Kier molecular flexibility index (Phi) is 5.49. The predicted molar refractivity (Wildman–Crippen MR) is 102 cm³/mol. The van der Waals surface area contributed by atoms with Crippen molar-refractivity contribution in [2.75, 3.05) is 0 Å². The van der Waals surface area contributed by atoms with E-state index in [1.807, 2.05) is 0 Å². The number of rotatable bonds is 5. The van der Waals surface area contributed by atoms with Crippen LogP contribution < -0.4 is 5.43 Å². The van der Waals surface area contributed by atoms with Crippen molar-refractivity contribution in [2.45, 2.75) is 0 Å². The lowest BCUT2D eigenvalue weighted by Gasteiger charge is -2.00. The molecule has 0 saturated carbocycles. The van der Waals surface area contributed by atoms with Crippen LogP contribution in [0.3, 0.4) is 0 Å². The third kappa shape index (κ3) is 4.49. The first-order valence-corrected chi connectivity index (χ1v) is 8.28. The van der Waals surface area contributed by atoms with Gasteiger partial charge in [0.15, 0.2) is 0 Å². The molecule has 136 valence electrons. The van der Waals surface area contributed by atoms with Crippen LogP contribution in [0.4, 0.5) is 5.69 Å². The zero-order chi connectivity index (χ0) is 19.4. The Balaban J connectivity index is 1.69. The minimum atomic E-state index is -0.527. The van der Waals surface area contributed by atoms with Crippen LogP contribution >= 0.6 is 23.2 Å². The molecule has 0 fully saturated rings. The number of nitro groups is 1. The van der Waals surface area contributed by atoms with E-state index in [4.69, 9.17) is 23.2 Å². The summed E-state index contributed by atoms with van der Waals surface area (Å²) in [4.78, 5) is 22.4. The van der Waals surface area contributed by atoms with Crippen molar-refractivity contribution in [3.05, 3.63) is 79.9 Å². The number of aromatic amines is 1. The molecule has 3 aromatic rings. The van der Waals surface area contributed by atoms with E-state index in [-0.39, 0.29) is 11.4 Å². The molecule has 1 amide bonds. The van der Waals surface area contributed by atoms with Crippen LogP contribution in [0, 0.1) is 10.1 Å². The lowest BCUT2D eigenvalue weighted by Crippen LogP contribution is -2.18. The van der Waals surface area contributed by atoms with Gasteiger partial charge in [0.2, 0.25) is 0 Å². The average Bonchev–Trinajstić information content (AvgIpc) is 3.12. The van der Waals surface area contributed by atoms with Gasteiger partial charge in [0.25, 0.3) is 11.6 Å². The number of amides is 1. The van der Waals surface area contributed by atoms with E-state index in [1.165, 1.54) is 30.5 Å². The lowest BCUT2D eigenvalue weighted by atomic mass is 10.1. The number of carbonyl (C=O) groups excluding carboxylic acids is 1. The molecule has 0 aliphatic heterocycles. The number of carbonyl (C=O) groups is 1. The molecule has 0 radical (unpaired) electrons. The quantitative estimate of drug-likeness (QED) is 0.379. The summed E-state index contributed by atoms with van der Waals surface area (Å²) in [6.45, 7) is 0. The minimum Gasteiger partial charge on any atom is -0.272 e. The zero-order valence-corrected chi connectivity index (χ0v) is 15.0. The largest absolute Gasteiger partial charge is 0.289 e. The third-order valence-corrected chi connectivity index (χ3v) is 4.04. The van der Waals surface area contributed by atoms with E-state index in [9.17, 15) is 14.9 Å². The molecule has 2 aromatic carbocycles. The smallest absolute Gasteiger partial charge is 0.272 e.